The van der Waals surface area contributed by atoms with E-state index in [0.717, 1.165) is 50.5 Å². The fraction of sp³-hybridized carbons (Fsp3) is 0.522. The van der Waals surface area contributed by atoms with E-state index < -0.39 is 0 Å². The molecule has 4 rings (SSSR count). The molecule has 166 valence electrons. The van der Waals surface area contributed by atoms with Crippen LogP contribution < -0.4 is 5.32 Å². The van der Waals surface area contributed by atoms with Crippen LogP contribution in [0.2, 0.25) is 0 Å². The zero-order valence-electron chi connectivity index (χ0n) is 18.2. The molecular formula is C23H32N6O2. The van der Waals surface area contributed by atoms with Crippen LogP contribution >= 0.6 is 0 Å². The van der Waals surface area contributed by atoms with Gasteiger partial charge in [-0.05, 0) is 25.3 Å². The number of aromatic nitrogens is 2. The molecule has 2 aliphatic rings. The van der Waals surface area contributed by atoms with Gasteiger partial charge in [-0.15, -0.1) is 0 Å². The van der Waals surface area contributed by atoms with E-state index in [1.54, 1.807) is 0 Å². The molecule has 0 bridgehead atoms. The van der Waals surface area contributed by atoms with Gasteiger partial charge < -0.3 is 19.9 Å². The van der Waals surface area contributed by atoms with E-state index in [1.807, 2.05) is 34.0 Å². The number of rotatable bonds is 6. The Hall–Kier alpha value is -2.87. The second-order valence-corrected chi connectivity index (χ2v) is 8.02. The highest BCUT2D eigenvalue weighted by molar-refractivity contribution is 5.82. The van der Waals surface area contributed by atoms with Crippen LogP contribution in [0.25, 0.3) is 0 Å². The predicted octanol–water partition coefficient (Wildman–Crippen LogP) is 1.72. The molecule has 31 heavy (non-hydrogen) atoms. The van der Waals surface area contributed by atoms with Gasteiger partial charge in [0.2, 0.25) is 0 Å². The molecule has 2 aliphatic heterocycles. The SMILES string of the molecule is CCNC(=NCc1cnn(Cc2ccccc2)c1)N1CCN(C(=O)C2CCCO2)CC1. The number of hydrogen-bond donors (Lipinski definition) is 1. The highest BCUT2D eigenvalue weighted by Gasteiger charge is 2.30. The van der Waals surface area contributed by atoms with Crippen molar-refractivity contribution in [2.45, 2.75) is 39.0 Å². The van der Waals surface area contributed by atoms with Crippen molar-refractivity contribution in [1.29, 1.82) is 0 Å². The molecule has 1 amide bonds. The van der Waals surface area contributed by atoms with Crippen molar-refractivity contribution in [3.63, 3.8) is 0 Å². The van der Waals surface area contributed by atoms with Gasteiger partial charge in [0.25, 0.3) is 5.91 Å². The Labute approximate surface area is 183 Å². The second-order valence-electron chi connectivity index (χ2n) is 8.02. The molecule has 8 nitrogen and oxygen atoms in total. The highest BCUT2D eigenvalue weighted by atomic mass is 16.5. The third kappa shape index (κ3) is 5.64. The lowest BCUT2D eigenvalue weighted by atomic mass is 10.2. The zero-order valence-corrected chi connectivity index (χ0v) is 18.2. The first-order chi connectivity index (χ1) is 15.2. The molecular weight excluding hydrogens is 392 g/mol. The number of benzene rings is 1. The van der Waals surface area contributed by atoms with Crippen LogP contribution in [0.4, 0.5) is 0 Å². The minimum Gasteiger partial charge on any atom is -0.368 e. The maximum atomic E-state index is 12.6. The number of hydrogen-bond acceptors (Lipinski definition) is 4. The number of piperazine rings is 1. The van der Waals surface area contributed by atoms with Crippen LogP contribution in [0, 0.1) is 0 Å². The monoisotopic (exact) mass is 424 g/mol. The topological polar surface area (TPSA) is 75.0 Å². The van der Waals surface area contributed by atoms with E-state index in [0.29, 0.717) is 26.2 Å². The van der Waals surface area contributed by atoms with Crippen molar-refractivity contribution in [2.75, 3.05) is 39.3 Å². The Bertz CT molecular complexity index is 867. The van der Waals surface area contributed by atoms with E-state index in [-0.39, 0.29) is 12.0 Å². The predicted molar refractivity (Wildman–Crippen MR) is 120 cm³/mol. The van der Waals surface area contributed by atoms with Gasteiger partial charge in [-0.25, -0.2) is 4.99 Å². The summed E-state index contributed by atoms with van der Waals surface area (Å²) in [5, 5.41) is 7.86. The number of ether oxygens (including phenoxy) is 1. The maximum Gasteiger partial charge on any atom is 0.251 e. The molecule has 1 atom stereocenters. The van der Waals surface area contributed by atoms with Crippen molar-refractivity contribution in [3.05, 3.63) is 53.9 Å². The summed E-state index contributed by atoms with van der Waals surface area (Å²) in [4.78, 5) is 21.6. The van der Waals surface area contributed by atoms with Crippen molar-refractivity contribution >= 4 is 11.9 Å². The molecule has 3 heterocycles. The average Bonchev–Trinajstić information content (AvgIpc) is 3.50. The first-order valence-electron chi connectivity index (χ1n) is 11.2. The Morgan fingerprint density at radius 1 is 1.16 bits per heavy atom. The van der Waals surface area contributed by atoms with Gasteiger partial charge in [0, 0.05) is 51.1 Å². The Morgan fingerprint density at radius 2 is 1.94 bits per heavy atom. The summed E-state index contributed by atoms with van der Waals surface area (Å²) in [5.41, 5.74) is 2.31. The van der Waals surface area contributed by atoms with Gasteiger partial charge in [0.05, 0.1) is 19.3 Å². The summed E-state index contributed by atoms with van der Waals surface area (Å²) in [5.74, 6) is 1.03. The quantitative estimate of drug-likeness (QED) is 0.565. The van der Waals surface area contributed by atoms with Crippen LogP contribution in [-0.4, -0.2) is 76.9 Å². The third-order valence-electron chi connectivity index (χ3n) is 5.72. The maximum absolute atomic E-state index is 12.6. The molecule has 2 saturated heterocycles. The molecule has 2 fully saturated rings. The fourth-order valence-electron chi connectivity index (χ4n) is 4.05. The lowest BCUT2D eigenvalue weighted by molar-refractivity contribution is -0.142. The lowest BCUT2D eigenvalue weighted by Gasteiger charge is -2.37. The smallest absolute Gasteiger partial charge is 0.251 e. The molecule has 1 aromatic carbocycles. The van der Waals surface area contributed by atoms with Gasteiger partial charge in [-0.2, -0.15) is 5.10 Å². The van der Waals surface area contributed by atoms with E-state index in [1.165, 1.54) is 5.56 Å². The van der Waals surface area contributed by atoms with Crippen LogP contribution in [0.1, 0.15) is 30.9 Å². The second kappa shape index (κ2) is 10.4. The largest absolute Gasteiger partial charge is 0.368 e. The normalized spacial score (nSPS) is 19.6. The van der Waals surface area contributed by atoms with E-state index in [4.69, 9.17) is 9.73 Å². The van der Waals surface area contributed by atoms with Crippen molar-refractivity contribution in [1.82, 2.24) is 24.9 Å². The number of amides is 1. The summed E-state index contributed by atoms with van der Waals surface area (Å²) in [6, 6.07) is 10.3. The Balaban J connectivity index is 1.32. The van der Waals surface area contributed by atoms with E-state index in [2.05, 4.69) is 40.6 Å². The van der Waals surface area contributed by atoms with Gasteiger partial charge in [0.15, 0.2) is 5.96 Å². The summed E-state index contributed by atoms with van der Waals surface area (Å²) in [6.07, 6.45) is 5.53. The molecule has 1 unspecified atom stereocenters. The van der Waals surface area contributed by atoms with E-state index >= 15 is 0 Å². The minimum absolute atomic E-state index is 0.143. The van der Waals surface area contributed by atoms with Gasteiger partial charge in [0.1, 0.15) is 6.10 Å². The first kappa shape index (κ1) is 21.4. The van der Waals surface area contributed by atoms with Gasteiger partial charge in [-0.3, -0.25) is 9.48 Å². The molecule has 0 radical (unpaired) electrons. The molecule has 0 aliphatic carbocycles. The number of guanidine groups is 1. The number of aliphatic imine (C=N–C) groups is 1. The molecule has 8 heteroatoms. The highest BCUT2D eigenvalue weighted by Crippen LogP contribution is 2.16. The fourth-order valence-corrected chi connectivity index (χ4v) is 4.05. The molecule has 2 aromatic rings. The lowest BCUT2D eigenvalue weighted by Crippen LogP contribution is -2.55. The molecule has 1 N–H and O–H groups in total. The molecule has 0 spiro atoms. The number of nitrogens with zero attached hydrogens (tertiary/aromatic N) is 5. The summed E-state index contributed by atoms with van der Waals surface area (Å²) in [6.45, 7) is 7.88. The van der Waals surface area contributed by atoms with Crippen LogP contribution in [0.3, 0.4) is 0 Å². The van der Waals surface area contributed by atoms with Crippen molar-refractivity contribution < 1.29 is 9.53 Å². The Kier molecular flexibility index (Phi) is 7.19. The number of carbonyl (C=O) groups is 1. The van der Waals surface area contributed by atoms with Gasteiger partial charge >= 0.3 is 0 Å². The van der Waals surface area contributed by atoms with E-state index in [9.17, 15) is 4.79 Å². The number of nitrogens with one attached hydrogen (secondary N) is 1. The van der Waals surface area contributed by atoms with Crippen LogP contribution in [0.5, 0.6) is 0 Å². The average molecular weight is 425 g/mol. The number of carbonyl (C=O) groups excluding carboxylic acids is 1. The van der Waals surface area contributed by atoms with Crippen molar-refractivity contribution in [2.24, 2.45) is 4.99 Å². The summed E-state index contributed by atoms with van der Waals surface area (Å²) >= 11 is 0. The van der Waals surface area contributed by atoms with Crippen LogP contribution in [0.15, 0.2) is 47.7 Å². The Morgan fingerprint density at radius 3 is 2.65 bits per heavy atom. The minimum atomic E-state index is -0.235. The summed E-state index contributed by atoms with van der Waals surface area (Å²) in [7, 11) is 0. The molecule has 0 saturated carbocycles. The molecule has 1 aromatic heterocycles. The van der Waals surface area contributed by atoms with Gasteiger partial charge in [-0.1, -0.05) is 30.3 Å². The van der Waals surface area contributed by atoms with Crippen molar-refractivity contribution in [3.8, 4) is 0 Å². The third-order valence-corrected chi connectivity index (χ3v) is 5.72. The standard InChI is InChI=1S/C23H32N6O2/c1-2-24-23(28-12-10-27(11-13-28)22(30)21-9-6-14-31-21)25-15-20-16-26-29(18-20)17-19-7-4-3-5-8-19/h3-5,7-8,16,18,21H,2,6,9-15,17H2,1H3,(H,24,25). The first-order valence-corrected chi connectivity index (χ1v) is 11.2. The zero-order chi connectivity index (χ0) is 21.5. The van der Waals surface area contributed by atoms with Crippen LogP contribution in [-0.2, 0) is 22.6 Å². The summed E-state index contributed by atoms with van der Waals surface area (Å²) < 4.78 is 7.51.